The lowest BCUT2D eigenvalue weighted by molar-refractivity contribution is 0.475. The van der Waals surface area contributed by atoms with Crippen LogP contribution >= 0.6 is 11.3 Å². The molecule has 0 spiro atoms. The van der Waals surface area contributed by atoms with Crippen LogP contribution in [0.2, 0.25) is 0 Å². The Labute approximate surface area is 163 Å². The molecule has 7 heteroatoms. The van der Waals surface area contributed by atoms with Crippen LogP contribution in [-0.4, -0.2) is 15.0 Å². The maximum atomic E-state index is 11.6. The van der Waals surface area contributed by atoms with Gasteiger partial charge in [0.1, 0.15) is 15.7 Å². The Balaban J connectivity index is 1.59. The Morgan fingerprint density at radius 1 is 1.04 bits per heavy atom. The topological polar surface area (TPSA) is 81.4 Å². The Kier molecular flexibility index (Phi) is 6.28. The van der Waals surface area contributed by atoms with Gasteiger partial charge in [0.05, 0.1) is 0 Å². The maximum Gasteiger partial charge on any atom is 0.247 e. The number of ether oxygens (including phenoxy) is 1. The van der Waals surface area contributed by atoms with Crippen LogP contribution in [-0.2, 0) is 23.0 Å². The van der Waals surface area contributed by atoms with E-state index in [0.717, 1.165) is 34.8 Å². The molecule has 2 aromatic carbocycles. The summed E-state index contributed by atoms with van der Waals surface area (Å²) in [4.78, 5) is 0. The summed E-state index contributed by atoms with van der Waals surface area (Å²) >= 11 is 1.14. The van der Waals surface area contributed by atoms with E-state index in [2.05, 4.69) is 5.32 Å². The third-order valence-electron chi connectivity index (χ3n) is 4.07. The van der Waals surface area contributed by atoms with Crippen LogP contribution in [0.5, 0.6) is 11.5 Å². The first-order chi connectivity index (χ1) is 12.9. The molecule has 3 rings (SSSR count). The normalized spacial score (nSPS) is 11.5. The molecule has 3 aromatic rings. The average molecular weight is 403 g/mol. The zero-order chi connectivity index (χ0) is 19.3. The molecule has 0 amide bonds. The highest BCUT2D eigenvalue weighted by Crippen LogP contribution is 2.26. The van der Waals surface area contributed by atoms with Gasteiger partial charge in [-0.2, -0.15) is 0 Å². The number of primary sulfonamides is 1. The molecule has 1 aromatic heterocycles. The van der Waals surface area contributed by atoms with E-state index >= 15 is 0 Å². The summed E-state index contributed by atoms with van der Waals surface area (Å²) in [5, 5.41) is 10.3. The monoisotopic (exact) mass is 402 g/mol. The molecular formula is C20H22N2O3S2. The fourth-order valence-electron chi connectivity index (χ4n) is 2.69. The van der Waals surface area contributed by atoms with Gasteiger partial charge in [-0.15, -0.1) is 11.3 Å². The molecule has 5 nitrogen and oxygen atoms in total. The number of aryl methyl sites for hydroxylation is 1. The van der Waals surface area contributed by atoms with E-state index in [4.69, 9.17) is 9.88 Å². The number of nitrogens with one attached hydrogen (secondary N) is 1. The summed E-state index contributed by atoms with van der Waals surface area (Å²) in [6, 6.07) is 17.6. The second kappa shape index (κ2) is 8.67. The van der Waals surface area contributed by atoms with E-state index in [1.165, 1.54) is 5.56 Å². The summed E-state index contributed by atoms with van der Waals surface area (Å²) < 4.78 is 29.3. The number of thiophene rings is 1. The van der Waals surface area contributed by atoms with Crippen molar-refractivity contribution in [3.8, 4) is 11.5 Å². The lowest BCUT2D eigenvalue weighted by Crippen LogP contribution is -2.19. The van der Waals surface area contributed by atoms with Crippen molar-refractivity contribution < 1.29 is 13.2 Å². The molecule has 0 saturated carbocycles. The third kappa shape index (κ3) is 5.40. The van der Waals surface area contributed by atoms with Gasteiger partial charge in [-0.3, -0.25) is 0 Å². The summed E-state index contributed by atoms with van der Waals surface area (Å²) in [6.07, 6.45) is 0.761. The predicted molar refractivity (Wildman–Crippen MR) is 109 cm³/mol. The van der Waals surface area contributed by atoms with Crippen molar-refractivity contribution in [2.75, 3.05) is 6.54 Å². The number of para-hydroxylation sites is 1. The molecular weight excluding hydrogens is 380 g/mol. The molecule has 0 aliphatic carbocycles. The van der Waals surface area contributed by atoms with E-state index in [0.29, 0.717) is 18.7 Å². The van der Waals surface area contributed by atoms with Crippen LogP contribution in [0.25, 0.3) is 0 Å². The fraction of sp³-hybridized carbons (Fsp3) is 0.200. The molecule has 0 unspecified atom stereocenters. The average Bonchev–Trinajstić information content (AvgIpc) is 3.11. The number of hydrogen-bond donors (Lipinski definition) is 2. The van der Waals surface area contributed by atoms with Gasteiger partial charge in [-0.25, -0.2) is 13.6 Å². The lowest BCUT2D eigenvalue weighted by atomic mass is 10.1. The van der Waals surface area contributed by atoms with Crippen LogP contribution in [0, 0.1) is 6.92 Å². The van der Waals surface area contributed by atoms with Gasteiger partial charge in [-0.1, -0.05) is 35.9 Å². The van der Waals surface area contributed by atoms with Gasteiger partial charge >= 0.3 is 0 Å². The molecule has 0 bridgehead atoms. The number of benzene rings is 2. The Bertz CT molecular complexity index is 996. The minimum absolute atomic E-state index is 0.220. The summed E-state index contributed by atoms with van der Waals surface area (Å²) in [7, 11) is -3.67. The van der Waals surface area contributed by atoms with Crippen molar-refractivity contribution >= 4 is 21.4 Å². The third-order valence-corrected chi connectivity index (χ3v) is 6.59. The highest BCUT2D eigenvalue weighted by atomic mass is 32.2. The van der Waals surface area contributed by atoms with E-state index in [1.807, 2.05) is 55.5 Å². The first kappa shape index (κ1) is 19.6. The smallest absolute Gasteiger partial charge is 0.247 e. The zero-order valence-electron chi connectivity index (χ0n) is 15.0. The fourth-order valence-corrected chi connectivity index (χ4v) is 4.55. The largest absolute Gasteiger partial charge is 0.457 e. The number of nitrogens with two attached hydrogens (primary N) is 1. The van der Waals surface area contributed by atoms with Gasteiger partial charge in [0.2, 0.25) is 10.0 Å². The second-order valence-electron chi connectivity index (χ2n) is 6.23. The molecule has 142 valence electrons. The van der Waals surface area contributed by atoms with Gasteiger partial charge < -0.3 is 10.1 Å². The lowest BCUT2D eigenvalue weighted by Gasteiger charge is -2.12. The van der Waals surface area contributed by atoms with Gasteiger partial charge in [0.25, 0.3) is 0 Å². The van der Waals surface area contributed by atoms with Crippen molar-refractivity contribution in [3.63, 3.8) is 0 Å². The molecule has 0 atom stereocenters. The number of hydrogen-bond acceptors (Lipinski definition) is 5. The van der Waals surface area contributed by atoms with E-state index in [1.54, 1.807) is 11.4 Å². The standard InChI is InChI=1S/C20H22N2O3S2/c1-15-6-8-18(9-7-15)25-19-5-3-2-4-16(19)10-12-22-14-17-11-13-26-20(17)27(21,23)24/h2-9,11,13,22H,10,12,14H2,1H3,(H2,21,23,24). The van der Waals surface area contributed by atoms with Crippen molar-refractivity contribution in [1.29, 1.82) is 0 Å². The van der Waals surface area contributed by atoms with Gasteiger partial charge in [-0.05, 0) is 60.7 Å². The van der Waals surface area contributed by atoms with E-state index < -0.39 is 10.0 Å². The minimum Gasteiger partial charge on any atom is -0.457 e. The quantitative estimate of drug-likeness (QED) is 0.561. The summed E-state index contributed by atoms with van der Waals surface area (Å²) in [5.74, 6) is 1.63. The Morgan fingerprint density at radius 2 is 1.78 bits per heavy atom. The van der Waals surface area contributed by atoms with Crippen LogP contribution in [0.3, 0.4) is 0 Å². The number of sulfonamides is 1. The summed E-state index contributed by atoms with van der Waals surface area (Å²) in [6.45, 7) is 3.18. The SMILES string of the molecule is Cc1ccc(Oc2ccccc2CCNCc2ccsc2S(N)(=O)=O)cc1. The van der Waals surface area contributed by atoms with Crippen LogP contribution in [0.4, 0.5) is 0 Å². The van der Waals surface area contributed by atoms with Crippen molar-refractivity contribution in [3.05, 3.63) is 76.7 Å². The molecule has 3 N–H and O–H groups in total. The Hall–Kier alpha value is -2.19. The van der Waals surface area contributed by atoms with Gasteiger partial charge in [0.15, 0.2) is 0 Å². The van der Waals surface area contributed by atoms with Crippen molar-refractivity contribution in [2.24, 2.45) is 5.14 Å². The molecule has 0 radical (unpaired) electrons. The van der Waals surface area contributed by atoms with Crippen LogP contribution in [0.1, 0.15) is 16.7 Å². The molecule has 0 aliphatic heterocycles. The molecule has 0 aliphatic rings. The zero-order valence-corrected chi connectivity index (χ0v) is 16.6. The molecule has 0 fully saturated rings. The van der Waals surface area contributed by atoms with Gasteiger partial charge in [0, 0.05) is 6.54 Å². The molecule has 0 saturated heterocycles. The Morgan fingerprint density at radius 3 is 2.52 bits per heavy atom. The van der Waals surface area contributed by atoms with E-state index in [9.17, 15) is 8.42 Å². The molecule has 27 heavy (non-hydrogen) atoms. The highest BCUT2D eigenvalue weighted by molar-refractivity contribution is 7.91. The van der Waals surface area contributed by atoms with Crippen molar-refractivity contribution in [2.45, 2.75) is 24.1 Å². The van der Waals surface area contributed by atoms with Crippen LogP contribution < -0.4 is 15.2 Å². The van der Waals surface area contributed by atoms with Crippen molar-refractivity contribution in [1.82, 2.24) is 5.32 Å². The first-order valence-electron chi connectivity index (χ1n) is 8.56. The number of rotatable bonds is 8. The summed E-state index contributed by atoms with van der Waals surface area (Å²) in [5.41, 5.74) is 2.97. The van der Waals surface area contributed by atoms with Crippen LogP contribution in [0.15, 0.2) is 64.2 Å². The van der Waals surface area contributed by atoms with E-state index in [-0.39, 0.29) is 4.21 Å². The second-order valence-corrected chi connectivity index (χ2v) is 8.90. The minimum atomic E-state index is -3.67. The predicted octanol–water partition coefficient (Wildman–Crippen LogP) is 3.83. The maximum absolute atomic E-state index is 11.6. The highest BCUT2D eigenvalue weighted by Gasteiger charge is 2.15. The molecule has 1 heterocycles. The first-order valence-corrected chi connectivity index (χ1v) is 11.0.